The average Bonchev–Trinajstić information content (AvgIpc) is 3.23. The number of aromatic nitrogens is 4. The van der Waals surface area contributed by atoms with Gasteiger partial charge >= 0.3 is 6.01 Å². The molecular formula is C23H16N4O3. The number of rotatable bonds is 4. The Morgan fingerprint density at radius 3 is 2.43 bits per heavy atom. The van der Waals surface area contributed by atoms with Crippen LogP contribution < -0.4 is 10.2 Å². The van der Waals surface area contributed by atoms with Crippen molar-refractivity contribution >= 4 is 11.0 Å². The van der Waals surface area contributed by atoms with Crippen LogP contribution in [-0.4, -0.2) is 20.2 Å². The summed E-state index contributed by atoms with van der Waals surface area (Å²) in [6.07, 6.45) is 0. The van der Waals surface area contributed by atoms with Crippen LogP contribution in [0.15, 0.2) is 88.1 Å². The third-order valence-corrected chi connectivity index (χ3v) is 4.75. The molecule has 0 bridgehead atoms. The lowest BCUT2D eigenvalue weighted by atomic mass is 10.0. The number of tetrazole rings is 1. The minimum absolute atomic E-state index is 0.0828. The average molecular weight is 396 g/mol. The fraction of sp³-hybridized carbons (Fsp3) is 0.0435. The summed E-state index contributed by atoms with van der Waals surface area (Å²) in [7, 11) is 0. The zero-order valence-corrected chi connectivity index (χ0v) is 16.0. The zero-order chi connectivity index (χ0) is 20.5. The van der Waals surface area contributed by atoms with E-state index < -0.39 is 0 Å². The first-order chi connectivity index (χ1) is 14.7. The number of hydrogen-bond acceptors (Lipinski definition) is 6. The van der Waals surface area contributed by atoms with E-state index in [4.69, 9.17) is 9.15 Å². The zero-order valence-electron chi connectivity index (χ0n) is 16.0. The number of benzene rings is 3. The molecule has 0 aliphatic carbocycles. The Labute approximate surface area is 171 Å². The molecule has 0 amide bonds. The number of para-hydroxylation sites is 1. The maximum absolute atomic E-state index is 13.1. The van der Waals surface area contributed by atoms with Gasteiger partial charge in [-0.1, -0.05) is 53.6 Å². The number of ether oxygens (including phenoxy) is 1. The Hall–Kier alpha value is -4.26. The van der Waals surface area contributed by atoms with Crippen LogP contribution in [0.5, 0.6) is 11.8 Å². The Balaban J connectivity index is 1.55. The molecule has 30 heavy (non-hydrogen) atoms. The highest BCUT2D eigenvalue weighted by Gasteiger charge is 2.15. The monoisotopic (exact) mass is 396 g/mol. The van der Waals surface area contributed by atoms with E-state index in [1.165, 1.54) is 4.68 Å². The maximum atomic E-state index is 13.1. The van der Waals surface area contributed by atoms with Crippen molar-refractivity contribution in [2.45, 2.75) is 6.92 Å². The van der Waals surface area contributed by atoms with Crippen LogP contribution in [0.25, 0.3) is 27.8 Å². The first kappa shape index (κ1) is 17.8. The van der Waals surface area contributed by atoms with Gasteiger partial charge in [-0.05, 0) is 47.2 Å². The summed E-state index contributed by atoms with van der Waals surface area (Å²) in [5.74, 6) is 1.01. The molecule has 2 aromatic heterocycles. The lowest BCUT2D eigenvalue weighted by Gasteiger charge is -2.09. The standard InChI is InChI=1S/C23H16N4O3/c1-15-21(16-8-4-2-5-9-16)22(28)19-13-12-18(14-20(19)29-15)30-23-24-25-26-27(23)17-10-6-3-7-11-17/h2-14H,1H3. The van der Waals surface area contributed by atoms with Crippen LogP contribution in [0.3, 0.4) is 0 Å². The number of fused-ring (bicyclic) bond motifs is 1. The summed E-state index contributed by atoms with van der Waals surface area (Å²) in [6, 6.07) is 24.2. The highest BCUT2D eigenvalue weighted by molar-refractivity contribution is 5.83. The molecule has 5 aromatic rings. The van der Waals surface area contributed by atoms with Crippen molar-refractivity contribution in [1.82, 2.24) is 20.2 Å². The van der Waals surface area contributed by atoms with Crippen LogP contribution in [0, 0.1) is 6.92 Å². The topological polar surface area (TPSA) is 83.0 Å². The lowest BCUT2D eigenvalue weighted by molar-refractivity contribution is 0.426. The molecule has 2 heterocycles. The predicted octanol–water partition coefficient (Wildman–Crippen LogP) is 4.54. The molecule has 146 valence electrons. The molecule has 0 aliphatic rings. The Kier molecular flexibility index (Phi) is 4.33. The van der Waals surface area contributed by atoms with E-state index in [1.54, 1.807) is 25.1 Å². The Morgan fingerprint density at radius 2 is 1.67 bits per heavy atom. The van der Waals surface area contributed by atoms with Crippen molar-refractivity contribution in [3.05, 3.63) is 94.8 Å². The van der Waals surface area contributed by atoms with Crippen LogP contribution in [0.1, 0.15) is 5.76 Å². The van der Waals surface area contributed by atoms with Gasteiger partial charge in [0.2, 0.25) is 5.43 Å². The fourth-order valence-corrected chi connectivity index (χ4v) is 3.37. The second kappa shape index (κ2) is 7.29. The first-order valence-corrected chi connectivity index (χ1v) is 9.35. The molecule has 0 N–H and O–H groups in total. The van der Waals surface area contributed by atoms with E-state index in [2.05, 4.69) is 15.5 Å². The van der Waals surface area contributed by atoms with Crippen molar-refractivity contribution in [2.75, 3.05) is 0 Å². The molecule has 3 aromatic carbocycles. The normalized spacial score (nSPS) is 11.0. The van der Waals surface area contributed by atoms with Gasteiger partial charge in [-0.2, -0.15) is 4.68 Å². The molecule has 0 atom stereocenters. The van der Waals surface area contributed by atoms with Crippen molar-refractivity contribution in [1.29, 1.82) is 0 Å². The molecule has 5 rings (SSSR count). The minimum atomic E-state index is -0.0828. The van der Waals surface area contributed by atoms with E-state index in [0.717, 1.165) is 11.3 Å². The van der Waals surface area contributed by atoms with Crippen LogP contribution in [0.4, 0.5) is 0 Å². The van der Waals surface area contributed by atoms with Gasteiger partial charge in [-0.3, -0.25) is 4.79 Å². The van der Waals surface area contributed by atoms with E-state index >= 15 is 0 Å². The van der Waals surface area contributed by atoms with Crippen molar-refractivity contribution in [3.63, 3.8) is 0 Å². The third kappa shape index (κ3) is 3.12. The van der Waals surface area contributed by atoms with Gasteiger partial charge < -0.3 is 9.15 Å². The van der Waals surface area contributed by atoms with Gasteiger partial charge in [0.05, 0.1) is 16.6 Å². The SMILES string of the molecule is Cc1oc2cc(Oc3nnnn3-c3ccccc3)ccc2c(=O)c1-c1ccccc1. The molecule has 7 heteroatoms. The molecule has 0 saturated carbocycles. The van der Waals surface area contributed by atoms with Gasteiger partial charge in [0.1, 0.15) is 17.1 Å². The van der Waals surface area contributed by atoms with Crippen LogP contribution >= 0.6 is 0 Å². The van der Waals surface area contributed by atoms with Gasteiger partial charge in [0.15, 0.2) is 0 Å². The van der Waals surface area contributed by atoms with Crippen molar-refractivity contribution in [2.24, 2.45) is 0 Å². The Morgan fingerprint density at radius 1 is 0.933 bits per heavy atom. The van der Waals surface area contributed by atoms with Gasteiger partial charge in [-0.15, -0.1) is 0 Å². The summed E-state index contributed by atoms with van der Waals surface area (Å²) in [6.45, 7) is 1.78. The highest BCUT2D eigenvalue weighted by atomic mass is 16.5. The number of nitrogens with zero attached hydrogens (tertiary/aromatic N) is 4. The maximum Gasteiger partial charge on any atom is 0.345 e. The molecule has 7 nitrogen and oxygen atoms in total. The van der Waals surface area contributed by atoms with Crippen molar-refractivity contribution < 1.29 is 9.15 Å². The van der Waals surface area contributed by atoms with Crippen LogP contribution in [-0.2, 0) is 0 Å². The Bertz CT molecular complexity index is 1390. The molecular weight excluding hydrogens is 380 g/mol. The molecule has 0 saturated heterocycles. The number of aryl methyl sites for hydroxylation is 1. The quantitative estimate of drug-likeness (QED) is 0.444. The predicted molar refractivity (Wildman–Crippen MR) is 112 cm³/mol. The van der Waals surface area contributed by atoms with Gasteiger partial charge in [0.25, 0.3) is 0 Å². The third-order valence-electron chi connectivity index (χ3n) is 4.75. The minimum Gasteiger partial charge on any atom is -0.460 e. The summed E-state index contributed by atoms with van der Waals surface area (Å²) in [5.41, 5.74) is 2.51. The molecule has 0 spiro atoms. The largest absolute Gasteiger partial charge is 0.460 e. The molecule has 0 fully saturated rings. The second-order valence-corrected chi connectivity index (χ2v) is 6.70. The van der Waals surface area contributed by atoms with Crippen LogP contribution in [0.2, 0.25) is 0 Å². The van der Waals surface area contributed by atoms with E-state index in [9.17, 15) is 4.79 Å². The van der Waals surface area contributed by atoms with E-state index in [1.807, 2.05) is 60.7 Å². The summed E-state index contributed by atoms with van der Waals surface area (Å²) in [4.78, 5) is 13.1. The molecule has 0 radical (unpaired) electrons. The summed E-state index contributed by atoms with van der Waals surface area (Å²) >= 11 is 0. The lowest BCUT2D eigenvalue weighted by Crippen LogP contribution is -2.07. The smallest absolute Gasteiger partial charge is 0.345 e. The fourth-order valence-electron chi connectivity index (χ4n) is 3.37. The second-order valence-electron chi connectivity index (χ2n) is 6.70. The van der Waals surface area contributed by atoms with E-state index in [0.29, 0.717) is 28.0 Å². The molecule has 0 unspecified atom stereocenters. The van der Waals surface area contributed by atoms with Gasteiger partial charge in [-0.25, -0.2) is 0 Å². The number of hydrogen-bond donors (Lipinski definition) is 0. The summed E-state index contributed by atoms with van der Waals surface area (Å²) in [5, 5.41) is 12.1. The molecule has 0 aliphatic heterocycles. The van der Waals surface area contributed by atoms with Gasteiger partial charge in [0, 0.05) is 6.07 Å². The highest BCUT2D eigenvalue weighted by Crippen LogP contribution is 2.28. The summed E-state index contributed by atoms with van der Waals surface area (Å²) < 4.78 is 13.3. The van der Waals surface area contributed by atoms with Crippen molar-refractivity contribution in [3.8, 4) is 28.6 Å². The van der Waals surface area contributed by atoms with E-state index in [-0.39, 0.29) is 11.4 Å². The first-order valence-electron chi connectivity index (χ1n) is 9.35.